The van der Waals surface area contributed by atoms with E-state index in [0.29, 0.717) is 29.2 Å². The molecule has 0 aromatic carbocycles. The third kappa shape index (κ3) is 4.04. The third-order valence-electron chi connectivity index (χ3n) is 3.07. The van der Waals surface area contributed by atoms with Gasteiger partial charge >= 0.3 is 12.0 Å². The van der Waals surface area contributed by atoms with Gasteiger partial charge in [-0.3, -0.25) is 4.21 Å². The molecule has 0 saturated carbocycles. The van der Waals surface area contributed by atoms with Crippen LogP contribution in [0.25, 0.3) is 0 Å². The highest BCUT2D eigenvalue weighted by molar-refractivity contribution is 7.85. The summed E-state index contributed by atoms with van der Waals surface area (Å²) >= 11 is 1.28. The second kappa shape index (κ2) is 6.85. The normalized spacial score (nSPS) is 23.8. The van der Waals surface area contributed by atoms with E-state index in [9.17, 15) is 13.8 Å². The molecule has 0 radical (unpaired) electrons. The quantitative estimate of drug-likeness (QED) is 0.774. The molecule has 0 spiro atoms. The Kier molecular flexibility index (Phi) is 5.13. The first kappa shape index (κ1) is 15.0. The fourth-order valence-electron chi connectivity index (χ4n) is 2.01. The van der Waals surface area contributed by atoms with Gasteiger partial charge in [-0.1, -0.05) is 6.07 Å². The highest BCUT2D eigenvalue weighted by Crippen LogP contribution is 2.19. The van der Waals surface area contributed by atoms with Gasteiger partial charge in [0.15, 0.2) is 6.04 Å². The van der Waals surface area contributed by atoms with Crippen LogP contribution in [0.3, 0.4) is 0 Å². The highest BCUT2D eigenvalue weighted by atomic mass is 32.2. The standard InChI is InChI=1S/C12H16N2O4S2/c15-11(16)10(9-2-1-5-19-9)14-12(17)13-8-3-6-20(18)7-4-8/h1-2,5,8,10H,3-4,6-7H2,(H,15,16)(H2,13,14,17). The van der Waals surface area contributed by atoms with Gasteiger partial charge in [-0.15, -0.1) is 11.3 Å². The highest BCUT2D eigenvalue weighted by Gasteiger charge is 2.25. The summed E-state index contributed by atoms with van der Waals surface area (Å²) in [6.07, 6.45) is 1.33. The maximum absolute atomic E-state index is 11.8. The van der Waals surface area contributed by atoms with Crippen LogP contribution in [0.5, 0.6) is 0 Å². The second-order valence-electron chi connectivity index (χ2n) is 4.53. The van der Waals surface area contributed by atoms with Gasteiger partial charge in [-0.25, -0.2) is 9.59 Å². The van der Waals surface area contributed by atoms with Crippen molar-refractivity contribution in [1.82, 2.24) is 10.6 Å². The van der Waals surface area contributed by atoms with Crippen molar-refractivity contribution >= 4 is 34.1 Å². The smallest absolute Gasteiger partial charge is 0.331 e. The number of carboxylic acid groups (broad SMARTS) is 1. The van der Waals surface area contributed by atoms with E-state index in [0.717, 1.165) is 0 Å². The van der Waals surface area contributed by atoms with Crippen LogP contribution in [0.1, 0.15) is 23.8 Å². The van der Waals surface area contributed by atoms with Crippen molar-refractivity contribution in [2.75, 3.05) is 11.5 Å². The molecule has 2 heterocycles. The maximum atomic E-state index is 11.8. The monoisotopic (exact) mass is 316 g/mol. The number of rotatable bonds is 4. The first-order valence-corrected chi connectivity index (χ1v) is 8.61. The van der Waals surface area contributed by atoms with Crippen molar-refractivity contribution in [3.63, 3.8) is 0 Å². The Labute approximate surface area is 123 Å². The lowest BCUT2D eigenvalue weighted by Gasteiger charge is -2.23. The summed E-state index contributed by atoms with van der Waals surface area (Å²) < 4.78 is 11.2. The predicted octanol–water partition coefficient (Wildman–Crippen LogP) is 1.08. The van der Waals surface area contributed by atoms with Crippen LogP contribution in [0.15, 0.2) is 17.5 Å². The molecule has 3 N–H and O–H groups in total. The Morgan fingerprint density at radius 3 is 2.65 bits per heavy atom. The molecule has 1 aromatic heterocycles. The van der Waals surface area contributed by atoms with Crippen LogP contribution >= 0.6 is 11.3 Å². The van der Waals surface area contributed by atoms with Crippen LogP contribution in [-0.2, 0) is 15.6 Å². The largest absolute Gasteiger partial charge is 0.479 e. The number of hydrogen-bond donors (Lipinski definition) is 3. The van der Waals surface area contributed by atoms with Gasteiger partial charge < -0.3 is 15.7 Å². The van der Waals surface area contributed by atoms with Gasteiger partial charge in [-0.05, 0) is 24.3 Å². The molecule has 110 valence electrons. The predicted molar refractivity (Wildman–Crippen MR) is 77.3 cm³/mol. The summed E-state index contributed by atoms with van der Waals surface area (Å²) in [7, 11) is -0.782. The zero-order chi connectivity index (χ0) is 14.5. The summed E-state index contributed by atoms with van der Waals surface area (Å²) in [4.78, 5) is 23.6. The fraction of sp³-hybridized carbons (Fsp3) is 0.500. The van der Waals surface area contributed by atoms with Crippen LogP contribution in [0.2, 0.25) is 0 Å². The van der Waals surface area contributed by atoms with Crippen molar-refractivity contribution < 1.29 is 18.9 Å². The average molecular weight is 316 g/mol. The second-order valence-corrected chi connectivity index (χ2v) is 7.20. The molecule has 1 unspecified atom stereocenters. The lowest BCUT2D eigenvalue weighted by atomic mass is 10.1. The lowest BCUT2D eigenvalue weighted by molar-refractivity contribution is -0.139. The minimum atomic E-state index is -1.09. The van der Waals surface area contributed by atoms with Crippen molar-refractivity contribution in [3.05, 3.63) is 22.4 Å². The molecule has 8 heteroatoms. The van der Waals surface area contributed by atoms with Crippen LogP contribution in [0, 0.1) is 0 Å². The Bertz CT molecular complexity index is 494. The zero-order valence-corrected chi connectivity index (χ0v) is 12.3. The molecular weight excluding hydrogens is 300 g/mol. The number of carbonyl (C=O) groups is 2. The molecule has 1 fully saturated rings. The van der Waals surface area contributed by atoms with E-state index < -0.39 is 28.8 Å². The molecular formula is C12H16N2O4S2. The first-order chi connectivity index (χ1) is 9.56. The SMILES string of the molecule is O=C(NC1CCS(=O)CC1)NC(C(=O)O)c1cccs1. The summed E-state index contributed by atoms with van der Waals surface area (Å²) in [6, 6.07) is 1.85. The van der Waals surface area contributed by atoms with E-state index in [2.05, 4.69) is 10.6 Å². The van der Waals surface area contributed by atoms with Crippen molar-refractivity contribution in [1.29, 1.82) is 0 Å². The number of aliphatic carboxylic acids is 1. The molecule has 0 aliphatic carbocycles. The Morgan fingerprint density at radius 1 is 1.40 bits per heavy atom. The van der Waals surface area contributed by atoms with E-state index in [-0.39, 0.29) is 6.04 Å². The Hall–Kier alpha value is -1.41. The number of nitrogens with one attached hydrogen (secondary N) is 2. The number of carboxylic acids is 1. The van der Waals surface area contributed by atoms with Gasteiger partial charge in [0.25, 0.3) is 0 Å². The van der Waals surface area contributed by atoms with Crippen LogP contribution in [-0.4, -0.2) is 38.9 Å². The zero-order valence-electron chi connectivity index (χ0n) is 10.7. The van der Waals surface area contributed by atoms with Crippen molar-refractivity contribution in [3.8, 4) is 0 Å². The average Bonchev–Trinajstić information content (AvgIpc) is 2.92. The lowest BCUT2D eigenvalue weighted by Crippen LogP contribution is -2.47. The number of amides is 2. The summed E-state index contributed by atoms with van der Waals surface area (Å²) in [5.74, 6) is 0.0727. The van der Waals surface area contributed by atoms with Crippen molar-refractivity contribution in [2.45, 2.75) is 24.9 Å². The number of thiophene rings is 1. The number of urea groups is 1. The third-order valence-corrected chi connectivity index (χ3v) is 5.39. The van der Waals surface area contributed by atoms with Crippen LogP contribution in [0.4, 0.5) is 4.79 Å². The van der Waals surface area contributed by atoms with Gasteiger partial charge in [0.05, 0.1) is 0 Å². The molecule has 2 amide bonds. The number of hydrogen-bond acceptors (Lipinski definition) is 4. The number of carbonyl (C=O) groups excluding carboxylic acids is 1. The molecule has 1 atom stereocenters. The van der Waals surface area contributed by atoms with Crippen LogP contribution < -0.4 is 10.6 Å². The molecule has 1 saturated heterocycles. The molecule has 20 heavy (non-hydrogen) atoms. The van der Waals surface area contributed by atoms with E-state index in [4.69, 9.17) is 5.11 Å². The molecule has 1 aliphatic heterocycles. The first-order valence-electron chi connectivity index (χ1n) is 6.24. The van der Waals surface area contributed by atoms with Gasteiger partial charge in [0, 0.05) is 33.2 Å². The van der Waals surface area contributed by atoms with Gasteiger partial charge in [-0.2, -0.15) is 0 Å². The van der Waals surface area contributed by atoms with Crippen molar-refractivity contribution in [2.24, 2.45) is 0 Å². The topological polar surface area (TPSA) is 95.5 Å². The fourth-order valence-corrected chi connectivity index (χ4v) is 4.07. The minimum Gasteiger partial charge on any atom is -0.479 e. The maximum Gasteiger partial charge on any atom is 0.331 e. The molecule has 1 aromatic rings. The summed E-state index contributed by atoms with van der Waals surface area (Å²) in [5, 5.41) is 16.1. The summed E-state index contributed by atoms with van der Waals surface area (Å²) in [5.41, 5.74) is 0. The van der Waals surface area contributed by atoms with Gasteiger partial charge in [0.2, 0.25) is 0 Å². The molecule has 1 aliphatic rings. The molecule has 0 bridgehead atoms. The Morgan fingerprint density at radius 2 is 2.10 bits per heavy atom. The molecule has 2 rings (SSSR count). The van der Waals surface area contributed by atoms with E-state index in [1.165, 1.54) is 11.3 Å². The van der Waals surface area contributed by atoms with E-state index in [1.54, 1.807) is 17.5 Å². The Balaban J connectivity index is 1.89. The minimum absolute atomic E-state index is 0.0366. The summed E-state index contributed by atoms with van der Waals surface area (Å²) in [6.45, 7) is 0. The molecule has 6 nitrogen and oxygen atoms in total. The van der Waals surface area contributed by atoms with Gasteiger partial charge in [0.1, 0.15) is 0 Å². The van der Waals surface area contributed by atoms with E-state index in [1.807, 2.05) is 0 Å². The van der Waals surface area contributed by atoms with E-state index >= 15 is 0 Å².